The van der Waals surface area contributed by atoms with Crippen LogP contribution in [0.25, 0.3) is 0 Å². The summed E-state index contributed by atoms with van der Waals surface area (Å²) in [5, 5.41) is 3.74. The third-order valence-electron chi connectivity index (χ3n) is 4.98. The summed E-state index contributed by atoms with van der Waals surface area (Å²) in [7, 11) is 1.71. The maximum atomic E-state index is 5.94. The topological polar surface area (TPSA) is 39.7 Å². The Balaban J connectivity index is 1.61. The summed E-state index contributed by atoms with van der Waals surface area (Å²) in [4.78, 5) is 0. The van der Waals surface area contributed by atoms with E-state index in [9.17, 15) is 0 Å². The summed E-state index contributed by atoms with van der Waals surface area (Å²) >= 11 is 0. The van der Waals surface area contributed by atoms with Crippen molar-refractivity contribution in [2.45, 2.75) is 57.6 Å². The highest BCUT2D eigenvalue weighted by Crippen LogP contribution is 2.54. The lowest BCUT2D eigenvalue weighted by Crippen LogP contribution is -2.62. The number of nitrogens with one attached hydrogen (secondary N) is 1. The molecule has 0 aromatic rings. The second-order valence-corrected chi connectivity index (χ2v) is 6.09. The van der Waals surface area contributed by atoms with E-state index in [4.69, 9.17) is 14.2 Å². The van der Waals surface area contributed by atoms with Crippen LogP contribution in [0, 0.1) is 5.41 Å². The highest BCUT2D eigenvalue weighted by molar-refractivity contribution is 5.09. The molecule has 2 saturated carbocycles. The minimum atomic E-state index is 0.451. The van der Waals surface area contributed by atoms with Crippen LogP contribution in [-0.2, 0) is 14.2 Å². The van der Waals surface area contributed by atoms with Crippen LogP contribution in [0.15, 0.2) is 0 Å². The molecule has 2 unspecified atom stereocenters. The predicted octanol–water partition coefficient (Wildman–Crippen LogP) is 2.37. The van der Waals surface area contributed by atoms with Gasteiger partial charge in [0, 0.05) is 31.8 Å². The maximum absolute atomic E-state index is 5.94. The van der Waals surface area contributed by atoms with Crippen molar-refractivity contribution in [1.29, 1.82) is 0 Å². The normalized spacial score (nSPS) is 27.9. The smallest absolute Gasteiger partial charge is 0.0700 e. The highest BCUT2D eigenvalue weighted by atomic mass is 16.5. The van der Waals surface area contributed by atoms with E-state index in [0.717, 1.165) is 26.2 Å². The Kier molecular flexibility index (Phi) is 6.75. The molecule has 20 heavy (non-hydrogen) atoms. The van der Waals surface area contributed by atoms with Gasteiger partial charge < -0.3 is 19.5 Å². The maximum Gasteiger partial charge on any atom is 0.0700 e. The second-order valence-electron chi connectivity index (χ2n) is 6.09. The van der Waals surface area contributed by atoms with Gasteiger partial charge >= 0.3 is 0 Å². The van der Waals surface area contributed by atoms with Gasteiger partial charge in [0.25, 0.3) is 0 Å². The Morgan fingerprint density at radius 1 is 1.15 bits per heavy atom. The molecule has 2 atom stereocenters. The van der Waals surface area contributed by atoms with Crippen LogP contribution in [0.1, 0.15) is 45.4 Å². The van der Waals surface area contributed by atoms with Gasteiger partial charge in [-0.15, -0.1) is 0 Å². The zero-order chi connectivity index (χ0) is 14.3. The van der Waals surface area contributed by atoms with E-state index in [2.05, 4.69) is 12.2 Å². The summed E-state index contributed by atoms with van der Waals surface area (Å²) in [5.74, 6) is 0. The second kappa shape index (κ2) is 8.32. The third kappa shape index (κ3) is 3.73. The predicted molar refractivity (Wildman–Crippen MR) is 80.0 cm³/mol. The average molecular weight is 285 g/mol. The first-order valence-electron chi connectivity index (χ1n) is 8.25. The van der Waals surface area contributed by atoms with Crippen molar-refractivity contribution in [2.24, 2.45) is 5.41 Å². The molecule has 118 valence electrons. The summed E-state index contributed by atoms with van der Waals surface area (Å²) < 4.78 is 16.4. The standard InChI is InChI=1S/C16H31NO3/c1-3-20-15-13-14(16(15)7-4-5-8-16)17-9-6-10-19-12-11-18-2/h14-15,17H,3-13H2,1-2H3. The molecule has 2 rings (SSSR count). The number of hydrogen-bond acceptors (Lipinski definition) is 4. The van der Waals surface area contributed by atoms with Gasteiger partial charge in [0.1, 0.15) is 0 Å². The zero-order valence-electron chi connectivity index (χ0n) is 13.2. The monoisotopic (exact) mass is 285 g/mol. The van der Waals surface area contributed by atoms with Crippen molar-refractivity contribution < 1.29 is 14.2 Å². The molecule has 0 heterocycles. The molecule has 0 amide bonds. The summed E-state index contributed by atoms with van der Waals surface area (Å²) in [6.45, 7) is 6.24. The largest absolute Gasteiger partial charge is 0.382 e. The molecule has 0 bridgehead atoms. The molecular weight excluding hydrogens is 254 g/mol. The van der Waals surface area contributed by atoms with Gasteiger partial charge in [-0.2, -0.15) is 0 Å². The van der Waals surface area contributed by atoms with E-state index < -0.39 is 0 Å². The third-order valence-corrected chi connectivity index (χ3v) is 4.98. The molecule has 2 aliphatic carbocycles. The molecule has 1 spiro atoms. The van der Waals surface area contributed by atoms with E-state index in [0.29, 0.717) is 30.8 Å². The van der Waals surface area contributed by atoms with Crippen LogP contribution in [0.3, 0.4) is 0 Å². The first kappa shape index (κ1) is 16.2. The molecule has 4 heteroatoms. The number of rotatable bonds is 10. The number of methoxy groups -OCH3 is 1. The summed E-state index contributed by atoms with van der Waals surface area (Å²) in [5.41, 5.74) is 0.451. The number of ether oxygens (including phenoxy) is 3. The lowest BCUT2D eigenvalue weighted by Gasteiger charge is -2.54. The molecule has 2 aliphatic rings. The Hall–Kier alpha value is -0.160. The van der Waals surface area contributed by atoms with Gasteiger partial charge in [-0.05, 0) is 39.2 Å². The minimum absolute atomic E-state index is 0.451. The van der Waals surface area contributed by atoms with Gasteiger partial charge in [0.2, 0.25) is 0 Å². The lowest BCUT2D eigenvalue weighted by molar-refractivity contribution is -0.130. The molecular formula is C16H31NO3. The Labute approximate surface area is 123 Å². The van der Waals surface area contributed by atoms with Crippen LogP contribution < -0.4 is 5.32 Å². The van der Waals surface area contributed by atoms with Gasteiger partial charge in [0.15, 0.2) is 0 Å². The average Bonchev–Trinajstić information content (AvgIpc) is 2.96. The van der Waals surface area contributed by atoms with Crippen molar-refractivity contribution in [1.82, 2.24) is 5.32 Å². The van der Waals surface area contributed by atoms with Crippen LogP contribution in [0.2, 0.25) is 0 Å². The van der Waals surface area contributed by atoms with Crippen LogP contribution in [0.4, 0.5) is 0 Å². The zero-order valence-corrected chi connectivity index (χ0v) is 13.2. The molecule has 2 fully saturated rings. The van der Waals surface area contributed by atoms with Crippen molar-refractivity contribution in [3.05, 3.63) is 0 Å². The van der Waals surface area contributed by atoms with Crippen molar-refractivity contribution in [3.8, 4) is 0 Å². The van der Waals surface area contributed by atoms with Gasteiger partial charge in [-0.1, -0.05) is 12.8 Å². The molecule has 0 aromatic carbocycles. The Bertz CT molecular complexity index is 266. The van der Waals surface area contributed by atoms with Crippen LogP contribution >= 0.6 is 0 Å². The van der Waals surface area contributed by atoms with Crippen molar-refractivity contribution in [2.75, 3.05) is 40.1 Å². The molecule has 1 N–H and O–H groups in total. The van der Waals surface area contributed by atoms with E-state index in [1.807, 2.05) is 0 Å². The summed E-state index contributed by atoms with van der Waals surface area (Å²) in [6, 6.07) is 0.667. The van der Waals surface area contributed by atoms with Crippen LogP contribution in [0.5, 0.6) is 0 Å². The molecule has 0 aromatic heterocycles. The molecule has 0 aliphatic heterocycles. The first-order valence-corrected chi connectivity index (χ1v) is 8.25. The first-order chi connectivity index (χ1) is 9.83. The quantitative estimate of drug-likeness (QED) is 0.626. The van der Waals surface area contributed by atoms with Gasteiger partial charge in [0.05, 0.1) is 19.3 Å². The highest BCUT2D eigenvalue weighted by Gasteiger charge is 2.56. The molecule has 0 saturated heterocycles. The van der Waals surface area contributed by atoms with Crippen molar-refractivity contribution in [3.63, 3.8) is 0 Å². The molecule has 4 nitrogen and oxygen atoms in total. The Morgan fingerprint density at radius 2 is 1.95 bits per heavy atom. The van der Waals surface area contributed by atoms with Gasteiger partial charge in [-0.3, -0.25) is 0 Å². The number of hydrogen-bond donors (Lipinski definition) is 1. The van der Waals surface area contributed by atoms with E-state index in [-0.39, 0.29) is 0 Å². The SMILES string of the molecule is CCOC1CC(NCCCOCCOC)C12CCCC2. The van der Waals surface area contributed by atoms with Gasteiger partial charge in [-0.25, -0.2) is 0 Å². The fraction of sp³-hybridized carbons (Fsp3) is 1.00. The van der Waals surface area contributed by atoms with E-state index in [1.54, 1.807) is 7.11 Å². The minimum Gasteiger partial charge on any atom is -0.382 e. The lowest BCUT2D eigenvalue weighted by atomic mass is 9.60. The van der Waals surface area contributed by atoms with E-state index >= 15 is 0 Å². The van der Waals surface area contributed by atoms with Crippen molar-refractivity contribution >= 4 is 0 Å². The Morgan fingerprint density at radius 3 is 2.65 bits per heavy atom. The van der Waals surface area contributed by atoms with E-state index in [1.165, 1.54) is 32.1 Å². The fourth-order valence-corrected chi connectivity index (χ4v) is 3.87. The fourth-order valence-electron chi connectivity index (χ4n) is 3.87. The van der Waals surface area contributed by atoms with Crippen LogP contribution in [-0.4, -0.2) is 52.2 Å². The molecule has 0 radical (unpaired) electrons. The summed E-state index contributed by atoms with van der Waals surface area (Å²) in [6.07, 6.45) is 8.22.